The summed E-state index contributed by atoms with van der Waals surface area (Å²) in [5.74, 6) is -2.59. The Hall–Kier alpha value is -2.06. The van der Waals surface area contributed by atoms with Gasteiger partial charge in [0.05, 0.1) is 18.0 Å². The second-order valence-corrected chi connectivity index (χ2v) is 7.42. The number of H-pyrrole nitrogens is 1. The first-order valence-corrected chi connectivity index (χ1v) is 8.17. The van der Waals surface area contributed by atoms with Gasteiger partial charge in [-0.05, 0) is 18.3 Å². The van der Waals surface area contributed by atoms with E-state index in [1.807, 2.05) is 0 Å². The topological polar surface area (TPSA) is 86.3 Å². The highest BCUT2D eigenvalue weighted by molar-refractivity contribution is 5.91. The number of nitrogens with one attached hydrogen (secondary N) is 1. The molecule has 25 heavy (non-hydrogen) atoms. The zero-order valence-corrected chi connectivity index (χ0v) is 13.9. The molecular formula is C16H20F3N3O3. The number of carbonyl (C=O) groups excluding carboxylic acids is 1. The van der Waals surface area contributed by atoms with E-state index in [0.29, 0.717) is 19.4 Å². The standard InChI is InChI=1S/C16H20F3N3O3/c1-15(2)10(11(15)14(24)25)13(23)22-5-3-4-8(7-22)12-20-6-9(21-12)16(17,18)19/h6,8,10-11H,3-5,7H2,1-2H3,(H,20,21)(H,24,25)/t8?,10-,11+/m1/s1. The molecule has 2 N–H and O–H groups in total. The van der Waals surface area contributed by atoms with Gasteiger partial charge < -0.3 is 15.0 Å². The molecule has 1 aliphatic heterocycles. The second-order valence-electron chi connectivity index (χ2n) is 7.42. The first-order valence-electron chi connectivity index (χ1n) is 8.17. The molecule has 3 atom stereocenters. The molecule has 2 heterocycles. The van der Waals surface area contributed by atoms with Crippen molar-refractivity contribution >= 4 is 11.9 Å². The number of amides is 1. The number of rotatable bonds is 3. The SMILES string of the molecule is CC1(C)[C@H](C(=O)O)[C@@H]1C(=O)N1CCCC(c2ncc(C(F)(F)F)[nH]2)C1. The number of aromatic nitrogens is 2. The van der Waals surface area contributed by atoms with Crippen molar-refractivity contribution in [1.29, 1.82) is 0 Å². The van der Waals surface area contributed by atoms with Gasteiger partial charge in [-0.1, -0.05) is 13.8 Å². The number of aromatic amines is 1. The Morgan fingerprint density at radius 1 is 1.36 bits per heavy atom. The molecule has 1 aromatic rings. The van der Waals surface area contributed by atoms with Crippen molar-refractivity contribution in [2.24, 2.45) is 17.3 Å². The Morgan fingerprint density at radius 3 is 2.56 bits per heavy atom. The quantitative estimate of drug-likeness (QED) is 0.868. The maximum Gasteiger partial charge on any atom is 0.432 e. The average molecular weight is 359 g/mol. The normalized spacial score (nSPS) is 28.7. The minimum Gasteiger partial charge on any atom is -0.481 e. The van der Waals surface area contributed by atoms with Gasteiger partial charge in [0.2, 0.25) is 5.91 Å². The smallest absolute Gasteiger partial charge is 0.432 e. The third-order valence-electron chi connectivity index (χ3n) is 5.38. The Morgan fingerprint density at radius 2 is 2.04 bits per heavy atom. The zero-order valence-electron chi connectivity index (χ0n) is 13.9. The minimum atomic E-state index is -4.48. The molecule has 1 amide bonds. The summed E-state index contributed by atoms with van der Waals surface area (Å²) < 4.78 is 38.1. The number of halogens is 3. The summed E-state index contributed by atoms with van der Waals surface area (Å²) in [4.78, 5) is 31.6. The maximum atomic E-state index is 12.7. The molecule has 2 aliphatic rings. The van der Waals surface area contributed by atoms with E-state index in [-0.39, 0.29) is 24.2 Å². The van der Waals surface area contributed by atoms with Crippen LogP contribution in [0.1, 0.15) is 44.1 Å². The Labute approximate surface area is 142 Å². The van der Waals surface area contributed by atoms with Gasteiger partial charge in [0.25, 0.3) is 0 Å². The molecule has 1 aliphatic carbocycles. The lowest BCUT2D eigenvalue weighted by atomic mass is 9.96. The zero-order chi connectivity index (χ0) is 18.6. The van der Waals surface area contributed by atoms with E-state index < -0.39 is 35.1 Å². The van der Waals surface area contributed by atoms with Crippen molar-refractivity contribution in [1.82, 2.24) is 14.9 Å². The lowest BCUT2D eigenvalue weighted by Gasteiger charge is -2.32. The Bertz CT molecular complexity index is 698. The fraction of sp³-hybridized carbons (Fsp3) is 0.688. The van der Waals surface area contributed by atoms with Crippen LogP contribution in [0.2, 0.25) is 0 Å². The van der Waals surface area contributed by atoms with Crippen LogP contribution in [0.15, 0.2) is 6.20 Å². The Kier molecular flexibility index (Phi) is 4.08. The molecule has 1 unspecified atom stereocenters. The first-order chi connectivity index (χ1) is 11.5. The number of aliphatic carboxylic acids is 1. The summed E-state index contributed by atoms with van der Waals surface area (Å²) in [6.45, 7) is 4.24. The summed E-state index contributed by atoms with van der Waals surface area (Å²) in [5.41, 5.74) is -1.50. The highest BCUT2D eigenvalue weighted by Gasteiger charge is 2.66. The number of piperidine rings is 1. The van der Waals surface area contributed by atoms with Gasteiger partial charge in [0, 0.05) is 19.0 Å². The molecule has 6 nitrogen and oxygen atoms in total. The van der Waals surface area contributed by atoms with E-state index in [2.05, 4.69) is 9.97 Å². The van der Waals surface area contributed by atoms with Gasteiger partial charge in [0.1, 0.15) is 11.5 Å². The van der Waals surface area contributed by atoms with Gasteiger partial charge in [-0.2, -0.15) is 13.2 Å². The molecule has 0 spiro atoms. The van der Waals surface area contributed by atoms with Crippen molar-refractivity contribution in [3.05, 3.63) is 17.7 Å². The molecular weight excluding hydrogens is 339 g/mol. The molecule has 0 bridgehead atoms. The van der Waals surface area contributed by atoms with Crippen LogP contribution >= 0.6 is 0 Å². The molecule has 1 saturated carbocycles. The fourth-order valence-electron chi connectivity index (χ4n) is 3.84. The van der Waals surface area contributed by atoms with E-state index >= 15 is 0 Å². The lowest BCUT2D eigenvalue weighted by molar-refractivity contribution is -0.142. The molecule has 1 saturated heterocycles. The van der Waals surface area contributed by atoms with Gasteiger partial charge in [-0.3, -0.25) is 9.59 Å². The molecule has 0 radical (unpaired) electrons. The fourth-order valence-corrected chi connectivity index (χ4v) is 3.84. The van der Waals surface area contributed by atoms with Crippen LogP contribution in [0.3, 0.4) is 0 Å². The third-order valence-corrected chi connectivity index (χ3v) is 5.38. The summed E-state index contributed by atoms with van der Waals surface area (Å²) in [5, 5.41) is 9.22. The summed E-state index contributed by atoms with van der Waals surface area (Å²) in [6, 6.07) is 0. The number of hydrogen-bond acceptors (Lipinski definition) is 3. The molecule has 2 fully saturated rings. The highest BCUT2D eigenvalue weighted by Crippen LogP contribution is 2.59. The van der Waals surface area contributed by atoms with Gasteiger partial charge >= 0.3 is 12.1 Å². The average Bonchev–Trinajstić information content (AvgIpc) is 2.87. The number of carbonyl (C=O) groups is 2. The van der Waals surface area contributed by atoms with Crippen molar-refractivity contribution in [2.45, 2.75) is 38.8 Å². The molecule has 1 aromatic heterocycles. The van der Waals surface area contributed by atoms with Crippen LogP contribution in [0.25, 0.3) is 0 Å². The number of hydrogen-bond donors (Lipinski definition) is 2. The van der Waals surface area contributed by atoms with Crippen molar-refractivity contribution in [2.75, 3.05) is 13.1 Å². The van der Waals surface area contributed by atoms with Gasteiger partial charge in [-0.25, -0.2) is 4.98 Å². The predicted octanol–water partition coefficient (Wildman–Crippen LogP) is 2.49. The predicted molar refractivity (Wildman–Crippen MR) is 80.5 cm³/mol. The number of imidazole rings is 1. The number of likely N-dealkylation sites (tertiary alicyclic amines) is 1. The van der Waals surface area contributed by atoms with Crippen LogP contribution in [-0.4, -0.2) is 44.9 Å². The van der Waals surface area contributed by atoms with Crippen LogP contribution in [0.5, 0.6) is 0 Å². The van der Waals surface area contributed by atoms with E-state index in [4.69, 9.17) is 0 Å². The van der Waals surface area contributed by atoms with Crippen LogP contribution in [0.4, 0.5) is 13.2 Å². The second kappa shape index (κ2) is 5.74. The minimum absolute atomic E-state index is 0.217. The summed E-state index contributed by atoms with van der Waals surface area (Å²) >= 11 is 0. The highest BCUT2D eigenvalue weighted by atomic mass is 19.4. The van der Waals surface area contributed by atoms with Crippen LogP contribution < -0.4 is 0 Å². The van der Waals surface area contributed by atoms with E-state index in [9.17, 15) is 27.9 Å². The van der Waals surface area contributed by atoms with Crippen molar-refractivity contribution in [3.8, 4) is 0 Å². The number of carboxylic acid groups (broad SMARTS) is 1. The summed E-state index contributed by atoms with van der Waals surface area (Å²) in [7, 11) is 0. The van der Waals surface area contributed by atoms with Crippen molar-refractivity contribution < 1.29 is 27.9 Å². The van der Waals surface area contributed by atoms with Crippen LogP contribution in [-0.2, 0) is 15.8 Å². The van der Waals surface area contributed by atoms with E-state index in [1.165, 1.54) is 0 Å². The van der Waals surface area contributed by atoms with E-state index in [1.54, 1.807) is 18.7 Å². The molecule has 3 rings (SSSR count). The summed E-state index contributed by atoms with van der Waals surface area (Å²) in [6.07, 6.45) is -2.45. The first kappa shape index (κ1) is 17.8. The van der Waals surface area contributed by atoms with E-state index in [0.717, 1.165) is 6.20 Å². The number of alkyl halides is 3. The van der Waals surface area contributed by atoms with Gasteiger partial charge in [0.15, 0.2) is 0 Å². The van der Waals surface area contributed by atoms with Gasteiger partial charge in [-0.15, -0.1) is 0 Å². The number of carboxylic acids is 1. The monoisotopic (exact) mass is 359 g/mol. The Balaban J connectivity index is 1.71. The largest absolute Gasteiger partial charge is 0.481 e. The lowest BCUT2D eigenvalue weighted by Crippen LogP contribution is -2.41. The maximum absolute atomic E-state index is 12.7. The molecule has 0 aromatic carbocycles. The molecule has 138 valence electrons. The van der Waals surface area contributed by atoms with Crippen LogP contribution in [0, 0.1) is 17.3 Å². The number of nitrogens with zero attached hydrogens (tertiary/aromatic N) is 2. The molecule has 9 heteroatoms. The third kappa shape index (κ3) is 3.11. The van der Waals surface area contributed by atoms with Crippen molar-refractivity contribution in [3.63, 3.8) is 0 Å².